The lowest BCUT2D eigenvalue weighted by Crippen LogP contribution is -2.48. The normalized spacial score (nSPS) is 31.4. The molecule has 0 spiro atoms. The zero-order chi connectivity index (χ0) is 14.9. The van der Waals surface area contributed by atoms with Crippen LogP contribution in [0.4, 0.5) is 4.79 Å². The number of allylic oxidation sites excluding steroid dienone is 2. The van der Waals surface area contributed by atoms with E-state index < -0.39 is 0 Å². The summed E-state index contributed by atoms with van der Waals surface area (Å²) in [5, 5.41) is 7.16. The maximum atomic E-state index is 11.8. The molecule has 4 aliphatic carbocycles. The molecule has 4 nitrogen and oxygen atoms in total. The van der Waals surface area contributed by atoms with Crippen molar-refractivity contribution in [3.8, 4) is 0 Å². The first-order chi connectivity index (χ1) is 10.1. The molecule has 2 atom stereocenters. The number of urea groups is 1. The Bertz CT molecular complexity index is 461. The SMILES string of the molecule is CC1(C)C2CC=C(/C=N/NC(=O)NC3CCCCC3)C1C2. The summed E-state index contributed by atoms with van der Waals surface area (Å²) in [5.74, 6) is 1.45. The lowest BCUT2D eigenvalue weighted by molar-refractivity contribution is -0.00126. The number of nitrogens with one attached hydrogen (secondary N) is 2. The average molecular weight is 289 g/mol. The van der Waals surface area contributed by atoms with E-state index in [0.29, 0.717) is 17.4 Å². The van der Waals surface area contributed by atoms with E-state index in [0.717, 1.165) is 25.2 Å². The molecule has 0 aliphatic heterocycles. The Balaban J connectivity index is 1.46. The molecule has 116 valence electrons. The van der Waals surface area contributed by atoms with Crippen molar-refractivity contribution in [3.05, 3.63) is 11.6 Å². The van der Waals surface area contributed by atoms with Gasteiger partial charge in [0.2, 0.25) is 0 Å². The summed E-state index contributed by atoms with van der Waals surface area (Å²) in [6.45, 7) is 4.69. The van der Waals surface area contributed by atoms with Gasteiger partial charge in [-0.2, -0.15) is 5.10 Å². The highest BCUT2D eigenvalue weighted by Crippen LogP contribution is 2.58. The summed E-state index contributed by atoms with van der Waals surface area (Å²) in [6.07, 6.45) is 12.5. The van der Waals surface area contributed by atoms with Gasteiger partial charge in [0.25, 0.3) is 0 Å². The zero-order valence-corrected chi connectivity index (χ0v) is 13.2. The van der Waals surface area contributed by atoms with E-state index >= 15 is 0 Å². The van der Waals surface area contributed by atoms with Crippen LogP contribution in [0, 0.1) is 17.3 Å². The van der Waals surface area contributed by atoms with Gasteiger partial charge in [0.15, 0.2) is 0 Å². The number of fused-ring (bicyclic) bond motifs is 1. The third-order valence-electron chi connectivity index (χ3n) is 5.83. The van der Waals surface area contributed by atoms with Crippen molar-refractivity contribution in [1.82, 2.24) is 10.7 Å². The minimum atomic E-state index is -0.166. The molecule has 0 aromatic heterocycles. The van der Waals surface area contributed by atoms with Crippen molar-refractivity contribution in [2.45, 2.75) is 64.8 Å². The van der Waals surface area contributed by atoms with Crippen LogP contribution in [0.1, 0.15) is 58.8 Å². The summed E-state index contributed by atoms with van der Waals surface area (Å²) in [6, 6.07) is 0.162. The van der Waals surface area contributed by atoms with Crippen LogP contribution in [0.25, 0.3) is 0 Å². The second-order valence-electron chi connectivity index (χ2n) is 7.42. The van der Waals surface area contributed by atoms with Crippen LogP contribution in [-0.4, -0.2) is 18.3 Å². The standard InChI is InChI=1S/C17H27N3O/c1-17(2)13-9-8-12(15(17)10-13)11-18-20-16(21)19-14-6-4-3-5-7-14/h8,11,13-15H,3-7,9-10H2,1-2H3,(H2,19,20,21)/b18-11+. The van der Waals surface area contributed by atoms with Crippen molar-refractivity contribution in [1.29, 1.82) is 0 Å². The largest absolute Gasteiger partial charge is 0.335 e. The summed E-state index contributed by atoms with van der Waals surface area (Å²) >= 11 is 0. The molecule has 0 radical (unpaired) electrons. The molecular weight excluding hydrogens is 262 g/mol. The number of amides is 2. The molecule has 2 bridgehead atoms. The molecule has 4 aliphatic rings. The van der Waals surface area contributed by atoms with E-state index in [2.05, 4.69) is 35.8 Å². The molecule has 2 amide bonds. The molecule has 0 aromatic carbocycles. The van der Waals surface area contributed by atoms with Gasteiger partial charge in [0.05, 0.1) is 6.21 Å². The summed E-state index contributed by atoms with van der Waals surface area (Å²) < 4.78 is 0. The molecule has 2 fully saturated rings. The van der Waals surface area contributed by atoms with E-state index in [-0.39, 0.29) is 6.03 Å². The molecule has 0 aromatic rings. The fourth-order valence-corrected chi connectivity index (χ4v) is 4.17. The average Bonchev–Trinajstić information content (AvgIpc) is 2.48. The van der Waals surface area contributed by atoms with Crippen LogP contribution in [0.5, 0.6) is 0 Å². The van der Waals surface area contributed by atoms with Crippen LogP contribution in [0.15, 0.2) is 16.8 Å². The van der Waals surface area contributed by atoms with E-state index in [1.165, 1.54) is 31.3 Å². The van der Waals surface area contributed by atoms with Gasteiger partial charge < -0.3 is 5.32 Å². The maximum Gasteiger partial charge on any atom is 0.335 e. The molecule has 2 N–H and O–H groups in total. The van der Waals surface area contributed by atoms with E-state index in [1.807, 2.05) is 6.21 Å². The number of carbonyl (C=O) groups is 1. The number of nitrogens with zero attached hydrogens (tertiary/aromatic N) is 1. The summed E-state index contributed by atoms with van der Waals surface area (Å²) in [7, 11) is 0. The van der Waals surface area contributed by atoms with E-state index in [9.17, 15) is 4.79 Å². The smallest absolute Gasteiger partial charge is 0.334 e. The topological polar surface area (TPSA) is 53.5 Å². The van der Waals surface area contributed by atoms with Crippen molar-refractivity contribution in [2.75, 3.05) is 0 Å². The number of hydrogen-bond acceptors (Lipinski definition) is 2. The first-order valence-corrected chi connectivity index (χ1v) is 8.37. The highest BCUT2D eigenvalue weighted by Gasteiger charge is 2.50. The Morgan fingerprint density at radius 1 is 1.33 bits per heavy atom. The van der Waals surface area contributed by atoms with Gasteiger partial charge in [-0.1, -0.05) is 39.2 Å². The van der Waals surface area contributed by atoms with Gasteiger partial charge in [-0.3, -0.25) is 0 Å². The van der Waals surface area contributed by atoms with E-state index in [1.54, 1.807) is 0 Å². The molecule has 4 heteroatoms. The van der Waals surface area contributed by atoms with Gasteiger partial charge in [-0.15, -0.1) is 0 Å². The molecular formula is C17H27N3O. The number of rotatable bonds is 3. The molecule has 2 unspecified atom stereocenters. The Kier molecular flexibility index (Phi) is 4.05. The summed E-state index contributed by atoms with van der Waals surface area (Å²) in [5.41, 5.74) is 4.32. The van der Waals surface area contributed by atoms with Crippen LogP contribution >= 0.6 is 0 Å². The van der Waals surface area contributed by atoms with Gasteiger partial charge in [0, 0.05) is 6.04 Å². The lowest BCUT2D eigenvalue weighted by Gasteiger charge is -2.55. The summed E-state index contributed by atoms with van der Waals surface area (Å²) in [4.78, 5) is 11.8. The third kappa shape index (κ3) is 2.99. The monoisotopic (exact) mass is 289 g/mol. The highest BCUT2D eigenvalue weighted by atomic mass is 16.2. The molecule has 4 rings (SSSR count). The van der Waals surface area contributed by atoms with Crippen LogP contribution in [0.2, 0.25) is 0 Å². The first kappa shape index (κ1) is 14.6. The van der Waals surface area contributed by atoms with Crippen molar-refractivity contribution in [3.63, 3.8) is 0 Å². The Morgan fingerprint density at radius 3 is 2.76 bits per heavy atom. The molecule has 0 saturated heterocycles. The fraction of sp³-hybridized carbons (Fsp3) is 0.765. The first-order valence-electron chi connectivity index (χ1n) is 8.37. The third-order valence-corrected chi connectivity index (χ3v) is 5.83. The quantitative estimate of drug-likeness (QED) is 0.605. The molecule has 21 heavy (non-hydrogen) atoms. The minimum absolute atomic E-state index is 0.166. The van der Waals surface area contributed by atoms with E-state index in [4.69, 9.17) is 0 Å². The van der Waals surface area contributed by atoms with Crippen LogP contribution < -0.4 is 10.7 Å². The number of hydrogen-bond donors (Lipinski definition) is 2. The lowest BCUT2D eigenvalue weighted by atomic mass is 9.49. The van der Waals surface area contributed by atoms with Crippen molar-refractivity contribution in [2.24, 2.45) is 22.4 Å². The Hall–Kier alpha value is -1.32. The zero-order valence-electron chi connectivity index (χ0n) is 13.2. The van der Waals surface area contributed by atoms with Crippen LogP contribution in [0.3, 0.4) is 0 Å². The Labute approximate surface area is 127 Å². The second-order valence-corrected chi connectivity index (χ2v) is 7.42. The number of carbonyl (C=O) groups excluding carboxylic acids is 1. The van der Waals surface area contributed by atoms with Gasteiger partial charge in [-0.05, 0) is 48.5 Å². The van der Waals surface area contributed by atoms with Gasteiger partial charge >= 0.3 is 6.03 Å². The number of hydrazone groups is 1. The highest BCUT2D eigenvalue weighted by molar-refractivity contribution is 5.82. The van der Waals surface area contributed by atoms with Gasteiger partial charge in [-0.25, -0.2) is 10.2 Å². The van der Waals surface area contributed by atoms with Crippen molar-refractivity contribution < 1.29 is 4.79 Å². The maximum absolute atomic E-state index is 11.8. The van der Waals surface area contributed by atoms with Crippen molar-refractivity contribution >= 4 is 12.2 Å². The molecule has 2 saturated carbocycles. The predicted octanol–water partition coefficient (Wildman–Crippen LogP) is 3.60. The fourth-order valence-electron chi connectivity index (χ4n) is 4.17. The molecule has 0 heterocycles. The van der Waals surface area contributed by atoms with Crippen LogP contribution in [-0.2, 0) is 0 Å². The van der Waals surface area contributed by atoms with Gasteiger partial charge in [0.1, 0.15) is 0 Å². The second kappa shape index (κ2) is 5.82. The minimum Gasteiger partial charge on any atom is -0.334 e. The predicted molar refractivity (Wildman–Crippen MR) is 85.1 cm³/mol. The Morgan fingerprint density at radius 2 is 2.10 bits per heavy atom.